The van der Waals surface area contributed by atoms with Gasteiger partial charge in [0.15, 0.2) is 0 Å². The van der Waals surface area contributed by atoms with Gasteiger partial charge in [0.2, 0.25) is 0 Å². The van der Waals surface area contributed by atoms with Gasteiger partial charge in [0.05, 0.1) is 0 Å². The first-order valence-electron chi connectivity index (χ1n) is 15.5. The second-order valence-electron chi connectivity index (χ2n) is 10.3. The van der Waals surface area contributed by atoms with E-state index >= 15 is 0 Å². The molecule has 1 aromatic rings. The molecule has 0 fully saturated rings. The summed E-state index contributed by atoms with van der Waals surface area (Å²) in [4.78, 5) is 0. The summed E-state index contributed by atoms with van der Waals surface area (Å²) in [6.45, 7) is 31.2. The molecule has 0 saturated carbocycles. The largest absolute Gasteiger partial charge is 0.207 e. The van der Waals surface area contributed by atoms with Crippen molar-refractivity contribution in [1.29, 1.82) is 0 Å². The molecule has 0 aliphatic rings. The maximum Gasteiger partial charge on any atom is 0.127 e. The average molecular weight is 541 g/mol. The van der Waals surface area contributed by atoms with Crippen LogP contribution in [0.2, 0.25) is 0 Å². The van der Waals surface area contributed by atoms with E-state index < -0.39 is 0 Å². The van der Waals surface area contributed by atoms with Crippen molar-refractivity contribution in [3.05, 3.63) is 94.9 Å². The van der Waals surface area contributed by atoms with Crippen molar-refractivity contribution in [3.8, 4) is 0 Å². The summed E-state index contributed by atoms with van der Waals surface area (Å²) in [5.74, 6) is 1.09. The molecular weight excluding hydrogens is 475 g/mol. The number of benzene rings is 1. The molecule has 0 saturated heterocycles. The lowest BCUT2D eigenvalue weighted by molar-refractivity contribution is 0.427. The summed E-state index contributed by atoms with van der Waals surface area (Å²) >= 11 is 0. The molecule has 0 radical (unpaired) electrons. The van der Waals surface area contributed by atoms with E-state index in [2.05, 4.69) is 72.4 Å². The van der Waals surface area contributed by atoms with Crippen molar-refractivity contribution in [2.75, 3.05) is 0 Å². The molecule has 0 aromatic heterocycles. The Morgan fingerprint density at radius 1 is 0.846 bits per heavy atom. The van der Waals surface area contributed by atoms with Crippen LogP contribution in [0, 0.1) is 24.6 Å². The molecule has 1 rings (SSSR count). The highest BCUT2D eigenvalue weighted by Crippen LogP contribution is 2.39. The molecule has 0 aliphatic heterocycles. The van der Waals surface area contributed by atoms with Crippen LogP contribution in [-0.4, -0.2) is 0 Å². The van der Waals surface area contributed by atoms with Crippen LogP contribution in [0.3, 0.4) is 0 Å². The maximum atomic E-state index is 14.8. The Morgan fingerprint density at radius 2 is 1.38 bits per heavy atom. The molecule has 0 heterocycles. The van der Waals surface area contributed by atoms with E-state index in [9.17, 15) is 4.39 Å². The lowest BCUT2D eigenvalue weighted by Gasteiger charge is -2.28. The fraction of sp³-hybridized carbons (Fsp3) is 0.579. The van der Waals surface area contributed by atoms with Crippen molar-refractivity contribution in [2.45, 2.75) is 134 Å². The normalized spacial score (nSPS) is 12.5. The zero-order valence-electron chi connectivity index (χ0n) is 28.3. The Labute approximate surface area is 245 Å². The lowest BCUT2D eigenvalue weighted by Crippen LogP contribution is -2.15. The van der Waals surface area contributed by atoms with Crippen LogP contribution in [0.5, 0.6) is 0 Å². The van der Waals surface area contributed by atoms with Crippen molar-refractivity contribution in [3.63, 3.8) is 0 Å². The fourth-order valence-electron chi connectivity index (χ4n) is 4.38. The molecule has 39 heavy (non-hydrogen) atoms. The Bertz CT molecular complexity index is 835. The predicted octanol–water partition coefficient (Wildman–Crippen LogP) is 13.5. The van der Waals surface area contributed by atoms with Gasteiger partial charge in [-0.25, -0.2) is 4.39 Å². The third kappa shape index (κ3) is 19.5. The molecule has 2 unspecified atom stereocenters. The number of allylic oxidation sites excluding steroid dienone is 9. The van der Waals surface area contributed by atoms with Gasteiger partial charge in [-0.2, -0.15) is 0 Å². The second kappa shape index (κ2) is 27.4. The summed E-state index contributed by atoms with van der Waals surface area (Å²) < 4.78 is 14.8. The first kappa shape index (κ1) is 41.3. The van der Waals surface area contributed by atoms with E-state index in [0.29, 0.717) is 0 Å². The monoisotopic (exact) mass is 541 g/mol. The first-order valence-corrected chi connectivity index (χ1v) is 15.5. The van der Waals surface area contributed by atoms with Gasteiger partial charge < -0.3 is 0 Å². The fourth-order valence-corrected chi connectivity index (χ4v) is 4.38. The third-order valence-corrected chi connectivity index (χ3v) is 6.56. The summed E-state index contributed by atoms with van der Waals surface area (Å²) in [7, 11) is 0. The van der Waals surface area contributed by atoms with E-state index in [1.807, 2.05) is 72.8 Å². The molecule has 2 atom stereocenters. The highest BCUT2D eigenvalue weighted by atomic mass is 19.1. The summed E-state index contributed by atoms with van der Waals surface area (Å²) in [5.41, 5.74) is 5.00. The third-order valence-electron chi connectivity index (χ3n) is 6.56. The zero-order valence-corrected chi connectivity index (χ0v) is 28.3. The predicted molar refractivity (Wildman–Crippen MR) is 180 cm³/mol. The molecule has 0 aliphatic carbocycles. The second-order valence-corrected chi connectivity index (χ2v) is 10.3. The van der Waals surface area contributed by atoms with Crippen LogP contribution in [0.1, 0.15) is 139 Å². The average Bonchev–Trinajstić information content (AvgIpc) is 2.91. The van der Waals surface area contributed by atoms with Gasteiger partial charge in [-0.05, 0) is 89.5 Å². The summed E-state index contributed by atoms with van der Waals surface area (Å²) in [6.07, 6.45) is 20.3. The molecule has 0 amide bonds. The number of hydrogen-bond donors (Lipinski definition) is 0. The van der Waals surface area contributed by atoms with Gasteiger partial charge >= 0.3 is 0 Å². The number of halogens is 1. The summed E-state index contributed by atoms with van der Waals surface area (Å²) in [5, 5.41) is 0. The van der Waals surface area contributed by atoms with Crippen LogP contribution in [-0.2, 0) is 0 Å². The van der Waals surface area contributed by atoms with E-state index in [1.54, 1.807) is 6.07 Å². The first-order chi connectivity index (χ1) is 18.6. The molecule has 0 N–H and O–H groups in total. The minimum atomic E-state index is -0.132. The summed E-state index contributed by atoms with van der Waals surface area (Å²) in [6, 6.07) is 5.55. The minimum Gasteiger partial charge on any atom is -0.207 e. The molecule has 0 nitrogen and oxygen atoms in total. The van der Waals surface area contributed by atoms with Crippen molar-refractivity contribution in [1.82, 2.24) is 0 Å². The lowest BCUT2D eigenvalue weighted by atomic mass is 9.76. The van der Waals surface area contributed by atoms with E-state index in [1.165, 1.54) is 37.7 Å². The molecule has 1 aromatic carbocycles. The van der Waals surface area contributed by atoms with Crippen molar-refractivity contribution < 1.29 is 4.39 Å². The number of aryl methyl sites for hydroxylation is 1. The SMILES string of the molecule is C/C=C\C.C=C(C)/C(=C\C=C(C)C)C(c1ccc(C)cc1F)C(/C=C/C)CC.CC.CCCC(CC)CCC. The highest BCUT2D eigenvalue weighted by Gasteiger charge is 2.26. The smallest absolute Gasteiger partial charge is 0.127 e. The van der Waals surface area contributed by atoms with Crippen LogP contribution in [0.15, 0.2) is 78.0 Å². The zero-order chi connectivity index (χ0) is 30.8. The van der Waals surface area contributed by atoms with Gasteiger partial charge in [-0.1, -0.05) is 140 Å². The van der Waals surface area contributed by atoms with Gasteiger partial charge in [-0.15, -0.1) is 0 Å². The Hall–Kier alpha value is -2.15. The number of rotatable bonds is 12. The Balaban J connectivity index is -0.000000713. The highest BCUT2D eigenvalue weighted by molar-refractivity contribution is 5.44. The van der Waals surface area contributed by atoms with Gasteiger partial charge in [0, 0.05) is 5.92 Å². The van der Waals surface area contributed by atoms with Crippen molar-refractivity contribution >= 4 is 0 Å². The van der Waals surface area contributed by atoms with Crippen LogP contribution in [0.25, 0.3) is 0 Å². The molecule has 1 heteroatoms. The molecule has 224 valence electrons. The maximum absolute atomic E-state index is 14.8. The van der Waals surface area contributed by atoms with E-state index in [0.717, 1.165) is 34.6 Å². The van der Waals surface area contributed by atoms with Crippen molar-refractivity contribution in [2.24, 2.45) is 11.8 Å². The van der Waals surface area contributed by atoms with E-state index in [-0.39, 0.29) is 17.7 Å². The van der Waals surface area contributed by atoms with Gasteiger partial charge in [-0.3, -0.25) is 0 Å². The molecule has 0 bridgehead atoms. The number of hydrogen-bond acceptors (Lipinski definition) is 0. The quantitative estimate of drug-likeness (QED) is 0.183. The van der Waals surface area contributed by atoms with Crippen LogP contribution >= 0.6 is 0 Å². The Kier molecular flexibility index (Phi) is 29.1. The topological polar surface area (TPSA) is 0 Å². The standard InChI is InChI=1S/C23H31F.C9H20.C4H8.C2H6/c1-8-10-19(9-2)23(20(17(5)6)13-11-16(3)4)21-14-12-18(7)15-22(21)24;1-4-7-9(6-3)8-5-2;1-3-4-2;1-2/h8,10-15,19,23H,5,9H2,1-4,6-7H3;9H,4-8H2,1-3H3;3-4H,1-2H3;1-2H3/b10-8+,20-13+;;4-3-;. The minimum absolute atomic E-state index is 0.0279. The Morgan fingerprint density at radius 3 is 1.72 bits per heavy atom. The molecular formula is C38H65F. The molecule has 0 spiro atoms. The van der Waals surface area contributed by atoms with Gasteiger partial charge in [0.25, 0.3) is 0 Å². The van der Waals surface area contributed by atoms with Crippen LogP contribution in [0.4, 0.5) is 4.39 Å². The van der Waals surface area contributed by atoms with Crippen LogP contribution < -0.4 is 0 Å². The van der Waals surface area contributed by atoms with E-state index in [4.69, 9.17) is 0 Å². The van der Waals surface area contributed by atoms with Gasteiger partial charge in [0.1, 0.15) is 5.82 Å².